The van der Waals surface area contributed by atoms with Gasteiger partial charge in [-0.25, -0.2) is 4.98 Å². The maximum atomic E-state index is 11.2. The number of nitrogens with one attached hydrogen (secondary N) is 1. The van der Waals surface area contributed by atoms with Crippen LogP contribution in [-0.4, -0.2) is 19.7 Å². The van der Waals surface area contributed by atoms with E-state index in [-0.39, 0.29) is 5.69 Å². The van der Waals surface area contributed by atoms with Crippen LogP contribution in [0, 0.1) is 17.0 Å². The molecule has 0 aliphatic heterocycles. The first-order chi connectivity index (χ1) is 9.52. The van der Waals surface area contributed by atoms with Crippen molar-refractivity contribution < 1.29 is 4.92 Å². The Hall–Kier alpha value is -2.48. The van der Waals surface area contributed by atoms with E-state index < -0.39 is 4.92 Å². The Bertz CT molecular complexity index is 807. The molecular weight excluding hydrogens is 278 g/mol. The lowest BCUT2D eigenvalue weighted by Gasteiger charge is -2.04. The number of rotatable bonds is 3. The number of nitro benzene ring substituents is 1. The van der Waals surface area contributed by atoms with E-state index in [1.54, 1.807) is 36.3 Å². The van der Waals surface area contributed by atoms with E-state index in [0.29, 0.717) is 11.4 Å². The molecule has 3 aromatic rings. The highest BCUT2D eigenvalue weighted by atomic mass is 32.1. The normalized spacial score (nSPS) is 10.9. The lowest BCUT2D eigenvalue weighted by molar-refractivity contribution is -0.383. The highest BCUT2D eigenvalue weighted by Gasteiger charge is 2.17. The molecule has 0 saturated carbocycles. The maximum Gasteiger partial charge on any atom is 0.294 e. The van der Waals surface area contributed by atoms with Crippen molar-refractivity contribution in [2.45, 2.75) is 6.92 Å². The van der Waals surface area contributed by atoms with E-state index in [9.17, 15) is 10.1 Å². The van der Waals surface area contributed by atoms with Crippen LogP contribution in [-0.2, 0) is 7.05 Å². The second-order valence-corrected chi connectivity index (χ2v) is 5.59. The van der Waals surface area contributed by atoms with Crippen LogP contribution in [0.2, 0.25) is 0 Å². The monoisotopic (exact) mass is 289 g/mol. The molecule has 0 atom stereocenters. The van der Waals surface area contributed by atoms with Crippen molar-refractivity contribution in [3.63, 3.8) is 0 Å². The number of aryl methyl sites for hydroxylation is 2. The predicted molar refractivity (Wildman–Crippen MR) is 77.5 cm³/mol. The Morgan fingerprint density at radius 1 is 1.45 bits per heavy atom. The molecule has 0 aliphatic rings. The van der Waals surface area contributed by atoms with Crippen molar-refractivity contribution in [1.29, 1.82) is 0 Å². The second-order valence-electron chi connectivity index (χ2n) is 4.35. The second kappa shape index (κ2) is 4.57. The minimum absolute atomic E-state index is 0.0324. The molecule has 8 heteroatoms. The molecule has 102 valence electrons. The Labute approximate surface area is 118 Å². The molecule has 7 nitrogen and oxygen atoms in total. The number of nitrogens with zero attached hydrogens (tertiary/aromatic N) is 4. The Kier molecular flexibility index (Phi) is 2.87. The number of benzene rings is 1. The van der Waals surface area contributed by atoms with Gasteiger partial charge < -0.3 is 5.32 Å². The van der Waals surface area contributed by atoms with Gasteiger partial charge in [0.2, 0.25) is 0 Å². The van der Waals surface area contributed by atoms with Crippen molar-refractivity contribution in [3.8, 4) is 0 Å². The average molecular weight is 289 g/mol. The summed E-state index contributed by atoms with van der Waals surface area (Å²) in [5.41, 5.74) is 1.90. The van der Waals surface area contributed by atoms with Crippen LogP contribution in [0.4, 0.5) is 17.1 Å². The molecule has 0 unspecified atom stereocenters. The first kappa shape index (κ1) is 12.5. The summed E-state index contributed by atoms with van der Waals surface area (Å²) in [6.45, 7) is 1.88. The molecule has 0 saturated heterocycles. The largest absolute Gasteiger partial charge is 0.347 e. The van der Waals surface area contributed by atoms with E-state index in [0.717, 1.165) is 15.2 Å². The van der Waals surface area contributed by atoms with Gasteiger partial charge in [-0.2, -0.15) is 5.10 Å². The zero-order valence-electron chi connectivity index (χ0n) is 10.8. The minimum atomic E-state index is -0.396. The molecule has 3 rings (SSSR count). The molecule has 0 spiro atoms. The standard InChI is InChI=1S/C12H11N5O2S/c1-7-14-10-3-9(15-8-5-13-16(2)6-8)11(17(18)19)4-12(10)20-7/h3-6,15H,1-2H3. The summed E-state index contributed by atoms with van der Waals surface area (Å²) in [4.78, 5) is 15.2. The number of hydrogen-bond acceptors (Lipinski definition) is 6. The molecular formula is C12H11N5O2S. The minimum Gasteiger partial charge on any atom is -0.347 e. The summed E-state index contributed by atoms with van der Waals surface area (Å²) in [6, 6.07) is 3.25. The maximum absolute atomic E-state index is 11.2. The molecule has 1 N–H and O–H groups in total. The first-order valence-corrected chi connectivity index (χ1v) is 6.66. The van der Waals surface area contributed by atoms with Crippen LogP contribution < -0.4 is 5.32 Å². The van der Waals surface area contributed by atoms with Gasteiger partial charge in [-0.3, -0.25) is 14.8 Å². The van der Waals surface area contributed by atoms with Crippen molar-refractivity contribution in [2.24, 2.45) is 7.05 Å². The zero-order valence-corrected chi connectivity index (χ0v) is 11.6. The Morgan fingerprint density at radius 2 is 2.25 bits per heavy atom. The van der Waals surface area contributed by atoms with Crippen molar-refractivity contribution in [3.05, 3.63) is 39.6 Å². The SMILES string of the molecule is Cc1nc2cc(Nc3cnn(C)c3)c([N+](=O)[O-])cc2s1. The fourth-order valence-corrected chi connectivity index (χ4v) is 2.81. The quantitative estimate of drug-likeness (QED) is 0.591. The first-order valence-electron chi connectivity index (χ1n) is 5.84. The highest BCUT2D eigenvalue weighted by molar-refractivity contribution is 7.18. The smallest absolute Gasteiger partial charge is 0.294 e. The summed E-state index contributed by atoms with van der Waals surface area (Å²) in [5.74, 6) is 0. The van der Waals surface area contributed by atoms with Crippen LogP contribution in [0.25, 0.3) is 10.2 Å². The molecule has 0 fully saturated rings. The van der Waals surface area contributed by atoms with Gasteiger partial charge in [-0.05, 0) is 13.0 Å². The van der Waals surface area contributed by atoms with Gasteiger partial charge in [0.15, 0.2) is 0 Å². The summed E-state index contributed by atoms with van der Waals surface area (Å²) in [7, 11) is 1.78. The van der Waals surface area contributed by atoms with Crippen LogP contribution in [0.15, 0.2) is 24.5 Å². The molecule has 20 heavy (non-hydrogen) atoms. The van der Waals surface area contributed by atoms with Gasteiger partial charge in [0.25, 0.3) is 5.69 Å². The summed E-state index contributed by atoms with van der Waals surface area (Å²) in [6.07, 6.45) is 3.36. The number of hydrogen-bond donors (Lipinski definition) is 1. The van der Waals surface area contributed by atoms with E-state index >= 15 is 0 Å². The number of aromatic nitrogens is 3. The van der Waals surface area contributed by atoms with Crippen LogP contribution in [0.5, 0.6) is 0 Å². The summed E-state index contributed by atoms with van der Waals surface area (Å²) in [5, 5.41) is 19.1. The average Bonchev–Trinajstić information content (AvgIpc) is 2.92. The van der Waals surface area contributed by atoms with Crippen molar-refractivity contribution >= 4 is 38.6 Å². The Morgan fingerprint density at radius 3 is 2.90 bits per heavy atom. The summed E-state index contributed by atoms with van der Waals surface area (Å²) < 4.78 is 2.44. The van der Waals surface area contributed by atoms with E-state index in [2.05, 4.69) is 15.4 Å². The van der Waals surface area contributed by atoms with Crippen LogP contribution >= 0.6 is 11.3 Å². The third kappa shape index (κ3) is 2.21. The van der Waals surface area contributed by atoms with Gasteiger partial charge in [0.05, 0.1) is 32.0 Å². The summed E-state index contributed by atoms with van der Waals surface area (Å²) >= 11 is 1.44. The predicted octanol–water partition coefficient (Wildman–Crippen LogP) is 2.99. The highest BCUT2D eigenvalue weighted by Crippen LogP contribution is 2.34. The number of nitro groups is 1. The van der Waals surface area contributed by atoms with Crippen LogP contribution in [0.1, 0.15) is 5.01 Å². The zero-order chi connectivity index (χ0) is 14.3. The van der Waals surface area contributed by atoms with Gasteiger partial charge in [-0.15, -0.1) is 11.3 Å². The van der Waals surface area contributed by atoms with Gasteiger partial charge in [0, 0.05) is 19.3 Å². The van der Waals surface area contributed by atoms with E-state index in [1.807, 2.05) is 6.92 Å². The lowest BCUT2D eigenvalue weighted by Crippen LogP contribution is -1.96. The molecule has 0 amide bonds. The Balaban J connectivity index is 2.11. The van der Waals surface area contributed by atoms with E-state index in [4.69, 9.17) is 0 Å². The fraction of sp³-hybridized carbons (Fsp3) is 0.167. The molecule has 2 heterocycles. The van der Waals surface area contributed by atoms with Crippen molar-refractivity contribution in [1.82, 2.24) is 14.8 Å². The lowest BCUT2D eigenvalue weighted by atomic mass is 10.2. The third-order valence-corrected chi connectivity index (χ3v) is 3.73. The third-order valence-electron chi connectivity index (χ3n) is 2.79. The van der Waals surface area contributed by atoms with Gasteiger partial charge >= 0.3 is 0 Å². The van der Waals surface area contributed by atoms with Gasteiger partial charge in [0.1, 0.15) is 5.69 Å². The van der Waals surface area contributed by atoms with E-state index in [1.165, 1.54) is 11.3 Å². The molecule has 0 aliphatic carbocycles. The molecule has 2 aromatic heterocycles. The number of anilines is 2. The fourth-order valence-electron chi connectivity index (χ4n) is 1.97. The van der Waals surface area contributed by atoms with Gasteiger partial charge in [-0.1, -0.05) is 0 Å². The molecule has 0 radical (unpaired) electrons. The molecule has 0 bridgehead atoms. The number of thiazole rings is 1. The number of fused-ring (bicyclic) bond motifs is 1. The molecule has 1 aromatic carbocycles. The van der Waals surface area contributed by atoms with Crippen LogP contribution in [0.3, 0.4) is 0 Å². The topological polar surface area (TPSA) is 85.9 Å². The van der Waals surface area contributed by atoms with Crippen molar-refractivity contribution in [2.75, 3.05) is 5.32 Å².